The number of benzene rings is 3. The highest BCUT2D eigenvalue weighted by Gasteiger charge is 2.17. The van der Waals surface area contributed by atoms with Gasteiger partial charge in [-0.1, -0.05) is 76.6 Å². The number of hydrogen-bond donors (Lipinski definition) is 1. The van der Waals surface area contributed by atoms with Crippen LogP contribution in [0.2, 0.25) is 0 Å². The Balaban J connectivity index is 1.49. The summed E-state index contributed by atoms with van der Waals surface area (Å²) in [6.45, 7) is -0.0142. The van der Waals surface area contributed by atoms with Gasteiger partial charge in [-0.25, -0.2) is 0 Å². The van der Waals surface area contributed by atoms with Crippen LogP contribution in [0.4, 0.5) is 0 Å². The van der Waals surface area contributed by atoms with E-state index in [1.807, 2.05) is 84.9 Å². The van der Waals surface area contributed by atoms with Crippen molar-refractivity contribution in [1.82, 2.24) is 25.5 Å². The monoisotopic (exact) mass is 447 g/mol. The van der Waals surface area contributed by atoms with Crippen LogP contribution in [0.5, 0.6) is 0 Å². The number of aromatic nitrogens is 4. The van der Waals surface area contributed by atoms with Crippen molar-refractivity contribution in [3.05, 3.63) is 101 Å². The van der Waals surface area contributed by atoms with Crippen molar-refractivity contribution in [3.63, 3.8) is 0 Å². The summed E-state index contributed by atoms with van der Waals surface area (Å²) in [6.07, 6.45) is 0. The zero-order valence-electron chi connectivity index (χ0n) is 15.4. The van der Waals surface area contributed by atoms with Crippen LogP contribution < -0.4 is 5.32 Å². The van der Waals surface area contributed by atoms with Crippen LogP contribution >= 0.6 is 15.9 Å². The van der Waals surface area contributed by atoms with E-state index in [1.54, 1.807) is 0 Å². The number of halogens is 1. The molecule has 0 fully saturated rings. The van der Waals surface area contributed by atoms with Gasteiger partial charge in [0.25, 0.3) is 0 Å². The Bertz CT molecular complexity index is 1040. The minimum atomic E-state index is -0.251. The van der Waals surface area contributed by atoms with Gasteiger partial charge in [-0.05, 0) is 40.6 Å². The van der Waals surface area contributed by atoms with Crippen LogP contribution in [0.1, 0.15) is 17.2 Å². The van der Waals surface area contributed by atoms with Gasteiger partial charge < -0.3 is 5.32 Å². The molecule has 0 aliphatic carbocycles. The number of tetrazole rings is 1. The molecule has 1 heterocycles. The van der Waals surface area contributed by atoms with Gasteiger partial charge in [0.15, 0.2) is 0 Å². The van der Waals surface area contributed by atoms with E-state index in [1.165, 1.54) is 4.80 Å². The molecule has 1 amide bonds. The Morgan fingerprint density at radius 1 is 0.897 bits per heavy atom. The molecule has 6 nitrogen and oxygen atoms in total. The molecule has 144 valence electrons. The molecule has 0 aliphatic heterocycles. The molecule has 0 unspecified atom stereocenters. The number of nitrogens with one attached hydrogen (secondary N) is 1. The van der Waals surface area contributed by atoms with E-state index in [2.05, 4.69) is 36.7 Å². The third-order valence-electron chi connectivity index (χ3n) is 4.41. The summed E-state index contributed by atoms with van der Waals surface area (Å²) >= 11 is 3.40. The Morgan fingerprint density at radius 3 is 2.07 bits per heavy atom. The van der Waals surface area contributed by atoms with Gasteiger partial charge in [-0.15, -0.1) is 10.2 Å². The van der Waals surface area contributed by atoms with Crippen molar-refractivity contribution in [1.29, 1.82) is 0 Å². The maximum atomic E-state index is 12.7. The van der Waals surface area contributed by atoms with E-state index in [0.717, 1.165) is 21.2 Å². The van der Waals surface area contributed by atoms with Gasteiger partial charge in [-0.2, -0.15) is 4.80 Å². The summed E-state index contributed by atoms with van der Waals surface area (Å²) in [5.74, 6) is 0.287. The van der Waals surface area contributed by atoms with Crippen molar-refractivity contribution in [2.75, 3.05) is 0 Å². The van der Waals surface area contributed by atoms with Crippen LogP contribution in [0.15, 0.2) is 89.4 Å². The average molecular weight is 448 g/mol. The van der Waals surface area contributed by atoms with Crippen LogP contribution in [0.25, 0.3) is 11.4 Å². The number of amides is 1. The molecule has 0 bridgehead atoms. The molecule has 0 radical (unpaired) electrons. The van der Waals surface area contributed by atoms with Crippen LogP contribution in [-0.4, -0.2) is 26.1 Å². The first kappa shape index (κ1) is 19.0. The van der Waals surface area contributed by atoms with Crippen molar-refractivity contribution in [3.8, 4) is 11.4 Å². The van der Waals surface area contributed by atoms with Crippen LogP contribution in [0.3, 0.4) is 0 Å². The van der Waals surface area contributed by atoms with Gasteiger partial charge in [0.1, 0.15) is 6.54 Å². The smallest absolute Gasteiger partial charge is 0.244 e. The lowest BCUT2D eigenvalue weighted by Gasteiger charge is -2.19. The highest BCUT2D eigenvalue weighted by molar-refractivity contribution is 9.10. The maximum Gasteiger partial charge on any atom is 0.244 e. The second-order valence-corrected chi connectivity index (χ2v) is 7.39. The van der Waals surface area contributed by atoms with Crippen LogP contribution in [0, 0.1) is 0 Å². The molecule has 0 atom stereocenters. The zero-order valence-corrected chi connectivity index (χ0v) is 17.0. The molecule has 4 rings (SSSR count). The minimum absolute atomic E-state index is 0.0142. The van der Waals surface area contributed by atoms with E-state index in [4.69, 9.17) is 0 Å². The predicted molar refractivity (Wildman–Crippen MR) is 114 cm³/mol. The molecular formula is C22H18BrN5O. The SMILES string of the molecule is O=C(Cn1nnc(-c2ccc(Br)cc2)n1)NC(c1ccccc1)c1ccccc1. The lowest BCUT2D eigenvalue weighted by atomic mass is 9.99. The maximum absolute atomic E-state index is 12.7. The Hall–Kier alpha value is -3.32. The van der Waals surface area contributed by atoms with Crippen molar-refractivity contribution in [2.24, 2.45) is 0 Å². The summed E-state index contributed by atoms with van der Waals surface area (Å²) in [5, 5.41) is 15.5. The average Bonchev–Trinajstić information content (AvgIpc) is 3.22. The number of rotatable bonds is 6. The zero-order chi connectivity index (χ0) is 20.1. The molecule has 0 aliphatic rings. The molecule has 4 aromatic rings. The first-order chi connectivity index (χ1) is 14.2. The fraction of sp³-hybridized carbons (Fsp3) is 0.0909. The van der Waals surface area contributed by atoms with Gasteiger partial charge in [0, 0.05) is 10.0 Å². The quantitative estimate of drug-likeness (QED) is 0.484. The molecule has 1 N–H and O–H groups in total. The summed E-state index contributed by atoms with van der Waals surface area (Å²) in [4.78, 5) is 14.0. The molecule has 29 heavy (non-hydrogen) atoms. The second kappa shape index (κ2) is 8.79. The third-order valence-corrected chi connectivity index (χ3v) is 4.94. The topological polar surface area (TPSA) is 72.7 Å². The fourth-order valence-electron chi connectivity index (χ4n) is 3.01. The minimum Gasteiger partial charge on any atom is -0.344 e. The highest BCUT2D eigenvalue weighted by Crippen LogP contribution is 2.22. The van der Waals surface area contributed by atoms with Crippen molar-refractivity contribution >= 4 is 21.8 Å². The number of nitrogens with zero attached hydrogens (tertiary/aromatic N) is 4. The summed E-state index contributed by atoms with van der Waals surface area (Å²) in [5.41, 5.74) is 2.86. The summed E-state index contributed by atoms with van der Waals surface area (Å²) in [6, 6.07) is 27.1. The lowest BCUT2D eigenvalue weighted by molar-refractivity contribution is -0.122. The van der Waals surface area contributed by atoms with E-state index >= 15 is 0 Å². The molecule has 0 saturated heterocycles. The highest BCUT2D eigenvalue weighted by atomic mass is 79.9. The standard InChI is InChI=1S/C22H18BrN5O/c23-19-13-11-18(12-14-19)22-25-27-28(26-22)15-20(29)24-21(16-7-3-1-4-8-16)17-9-5-2-6-10-17/h1-14,21H,15H2,(H,24,29). The first-order valence-electron chi connectivity index (χ1n) is 9.12. The fourth-order valence-corrected chi connectivity index (χ4v) is 3.27. The third kappa shape index (κ3) is 4.75. The van der Waals surface area contributed by atoms with E-state index in [9.17, 15) is 4.79 Å². The van der Waals surface area contributed by atoms with E-state index in [-0.39, 0.29) is 18.5 Å². The van der Waals surface area contributed by atoms with Gasteiger partial charge >= 0.3 is 0 Å². The molecule has 7 heteroatoms. The molecule has 0 spiro atoms. The molecule has 3 aromatic carbocycles. The van der Waals surface area contributed by atoms with Gasteiger partial charge in [0.05, 0.1) is 6.04 Å². The molecule has 1 aromatic heterocycles. The normalized spacial score (nSPS) is 10.8. The first-order valence-corrected chi connectivity index (χ1v) is 9.91. The summed E-state index contributed by atoms with van der Waals surface area (Å²) in [7, 11) is 0. The van der Waals surface area contributed by atoms with Crippen molar-refractivity contribution < 1.29 is 4.79 Å². The Morgan fingerprint density at radius 2 is 1.48 bits per heavy atom. The molecular weight excluding hydrogens is 430 g/mol. The largest absolute Gasteiger partial charge is 0.344 e. The lowest BCUT2D eigenvalue weighted by Crippen LogP contribution is -2.32. The van der Waals surface area contributed by atoms with Crippen LogP contribution in [-0.2, 0) is 11.3 Å². The predicted octanol–water partition coefficient (Wildman–Crippen LogP) is 4.01. The van der Waals surface area contributed by atoms with E-state index in [0.29, 0.717) is 5.82 Å². The Labute approximate surface area is 176 Å². The van der Waals surface area contributed by atoms with E-state index < -0.39 is 0 Å². The van der Waals surface area contributed by atoms with Crippen molar-refractivity contribution in [2.45, 2.75) is 12.6 Å². The van der Waals surface area contributed by atoms with Gasteiger partial charge in [-0.3, -0.25) is 4.79 Å². The molecule has 0 saturated carbocycles. The number of carbonyl (C=O) groups excluding carboxylic acids is 1. The van der Waals surface area contributed by atoms with Gasteiger partial charge in [0.2, 0.25) is 11.7 Å². The number of hydrogen-bond acceptors (Lipinski definition) is 4. The second-order valence-electron chi connectivity index (χ2n) is 6.47. The summed E-state index contributed by atoms with van der Waals surface area (Å²) < 4.78 is 0.973. The Kier molecular flexibility index (Phi) is 5.76. The number of carbonyl (C=O) groups is 1.